The summed E-state index contributed by atoms with van der Waals surface area (Å²) in [5, 5.41) is 5.83. The fourth-order valence-corrected chi connectivity index (χ4v) is 5.27. The van der Waals surface area contributed by atoms with Crippen molar-refractivity contribution in [3.05, 3.63) is 88.1 Å². The zero-order chi connectivity index (χ0) is 27.5. The predicted molar refractivity (Wildman–Crippen MR) is 146 cm³/mol. The van der Waals surface area contributed by atoms with Crippen molar-refractivity contribution in [2.45, 2.75) is 25.7 Å². The van der Waals surface area contributed by atoms with Crippen molar-refractivity contribution in [2.75, 3.05) is 23.7 Å². The number of aromatic nitrogens is 1. The van der Waals surface area contributed by atoms with Crippen LogP contribution in [0.2, 0.25) is 5.02 Å². The fraction of sp³-hybridized carbons (Fsp3) is 0.310. The Balaban J connectivity index is 1.35. The standard InChI is InChI=1S/C29H28ClFN4O4/c30-18-8-10-19(11-9-18)32-27(37)24-25(26(24)29(39)34-14-4-1-2-5-15-34)28(38)33-22-13-12-20(17-21(22)31)35-16-6-3-7-23(35)36/h3,6-13,16-17,24-26H,1-2,4-5,14-15H2,(H,32,37)(H,33,38). The number of carbonyl (C=O) groups is 3. The molecular formula is C29H28ClFN4O4. The van der Waals surface area contributed by atoms with Gasteiger partial charge in [-0.05, 0) is 55.3 Å². The SMILES string of the molecule is O=C(Nc1ccc(Cl)cc1)C1C(C(=O)Nc2ccc(-n3ccccc3=O)cc2F)C1C(=O)N1CCCCCC1. The summed E-state index contributed by atoms with van der Waals surface area (Å²) in [6.45, 7) is 1.17. The molecule has 8 nitrogen and oxygen atoms in total. The summed E-state index contributed by atoms with van der Waals surface area (Å²) in [4.78, 5) is 53.8. The van der Waals surface area contributed by atoms with Gasteiger partial charge in [-0.1, -0.05) is 30.5 Å². The third kappa shape index (κ3) is 5.88. The van der Waals surface area contributed by atoms with Crippen LogP contribution in [0.4, 0.5) is 15.8 Å². The Hall–Kier alpha value is -3.98. The molecule has 2 aliphatic rings. The summed E-state index contributed by atoms with van der Waals surface area (Å²) in [6.07, 6.45) is 5.33. The molecule has 2 aromatic carbocycles. The van der Waals surface area contributed by atoms with E-state index >= 15 is 0 Å². The molecule has 39 heavy (non-hydrogen) atoms. The molecule has 2 fully saturated rings. The van der Waals surface area contributed by atoms with E-state index in [9.17, 15) is 23.6 Å². The second kappa shape index (κ2) is 11.4. The van der Waals surface area contributed by atoms with Crippen LogP contribution in [0, 0.1) is 23.6 Å². The number of anilines is 2. The van der Waals surface area contributed by atoms with Gasteiger partial charge in [0.05, 0.1) is 29.1 Å². The molecule has 2 N–H and O–H groups in total. The van der Waals surface area contributed by atoms with E-state index in [0.717, 1.165) is 31.7 Å². The smallest absolute Gasteiger partial charge is 0.255 e. The zero-order valence-electron chi connectivity index (χ0n) is 21.1. The Bertz CT molecular complexity index is 1450. The highest BCUT2D eigenvalue weighted by Crippen LogP contribution is 2.49. The highest BCUT2D eigenvalue weighted by Gasteiger charge is 2.63. The topological polar surface area (TPSA) is 101 Å². The van der Waals surface area contributed by atoms with Crippen LogP contribution in [0.5, 0.6) is 0 Å². The second-order valence-electron chi connectivity index (χ2n) is 9.88. The van der Waals surface area contributed by atoms with E-state index in [-0.39, 0.29) is 17.2 Å². The van der Waals surface area contributed by atoms with Gasteiger partial charge in [-0.3, -0.25) is 23.7 Å². The molecule has 1 aliphatic carbocycles. The van der Waals surface area contributed by atoms with E-state index in [1.54, 1.807) is 41.3 Å². The number of nitrogens with one attached hydrogen (secondary N) is 2. The molecule has 0 spiro atoms. The molecule has 3 aromatic rings. The Morgan fingerprint density at radius 2 is 1.49 bits per heavy atom. The van der Waals surface area contributed by atoms with Crippen LogP contribution >= 0.6 is 11.6 Å². The summed E-state index contributed by atoms with van der Waals surface area (Å²) in [7, 11) is 0. The van der Waals surface area contributed by atoms with Gasteiger partial charge in [0.2, 0.25) is 17.7 Å². The number of nitrogens with zero attached hydrogens (tertiary/aromatic N) is 2. The average Bonchev–Trinajstić information content (AvgIpc) is 3.72. The Morgan fingerprint density at radius 1 is 0.821 bits per heavy atom. The number of hydrogen-bond donors (Lipinski definition) is 2. The van der Waals surface area contributed by atoms with Crippen molar-refractivity contribution in [1.29, 1.82) is 0 Å². The lowest BCUT2D eigenvalue weighted by Crippen LogP contribution is -2.35. The number of hydrogen-bond acceptors (Lipinski definition) is 4. The molecule has 10 heteroatoms. The molecule has 0 bridgehead atoms. The van der Waals surface area contributed by atoms with Gasteiger partial charge in [-0.25, -0.2) is 4.39 Å². The predicted octanol–water partition coefficient (Wildman–Crippen LogP) is 4.47. The molecule has 2 heterocycles. The summed E-state index contributed by atoms with van der Waals surface area (Å²) < 4.78 is 16.3. The van der Waals surface area contributed by atoms with Crippen molar-refractivity contribution in [1.82, 2.24) is 9.47 Å². The third-order valence-corrected chi connectivity index (χ3v) is 7.50. The van der Waals surface area contributed by atoms with Crippen LogP contribution in [0.25, 0.3) is 5.69 Å². The van der Waals surface area contributed by atoms with Crippen molar-refractivity contribution >= 4 is 40.7 Å². The lowest BCUT2D eigenvalue weighted by Gasteiger charge is -2.20. The molecule has 1 saturated carbocycles. The maximum atomic E-state index is 15.0. The van der Waals surface area contributed by atoms with Crippen LogP contribution in [-0.2, 0) is 14.4 Å². The van der Waals surface area contributed by atoms with Crippen LogP contribution in [0.3, 0.4) is 0 Å². The highest BCUT2D eigenvalue weighted by atomic mass is 35.5. The number of benzene rings is 2. The van der Waals surface area contributed by atoms with E-state index in [4.69, 9.17) is 11.6 Å². The number of rotatable bonds is 6. The first kappa shape index (κ1) is 26.6. The second-order valence-corrected chi connectivity index (χ2v) is 10.3. The quantitative estimate of drug-likeness (QED) is 0.473. The minimum Gasteiger partial charge on any atom is -0.342 e. The van der Waals surface area contributed by atoms with E-state index in [1.807, 2.05) is 0 Å². The molecule has 3 unspecified atom stereocenters. The van der Waals surface area contributed by atoms with E-state index in [2.05, 4.69) is 10.6 Å². The highest BCUT2D eigenvalue weighted by molar-refractivity contribution is 6.30. The van der Waals surface area contributed by atoms with Gasteiger partial charge in [-0.2, -0.15) is 0 Å². The van der Waals surface area contributed by atoms with Crippen LogP contribution in [0.15, 0.2) is 71.7 Å². The number of halogens is 2. The van der Waals surface area contributed by atoms with Crippen LogP contribution < -0.4 is 16.2 Å². The molecule has 202 valence electrons. The minimum atomic E-state index is -0.941. The Kier molecular flexibility index (Phi) is 7.79. The normalized spacial score (nSPS) is 20.6. The Morgan fingerprint density at radius 3 is 2.13 bits per heavy atom. The third-order valence-electron chi connectivity index (χ3n) is 7.25. The van der Waals surface area contributed by atoms with Gasteiger partial charge < -0.3 is 15.5 Å². The van der Waals surface area contributed by atoms with Crippen molar-refractivity contribution in [3.8, 4) is 5.69 Å². The summed E-state index contributed by atoms with van der Waals surface area (Å²) in [5.74, 6) is -4.69. The monoisotopic (exact) mass is 550 g/mol. The maximum Gasteiger partial charge on any atom is 0.255 e. The van der Waals surface area contributed by atoms with Gasteiger partial charge in [0.1, 0.15) is 5.82 Å². The summed E-state index contributed by atoms with van der Waals surface area (Å²) in [6, 6.07) is 15.1. The number of pyridine rings is 1. The lowest BCUT2D eigenvalue weighted by molar-refractivity contribution is -0.134. The molecule has 3 atom stereocenters. The first-order valence-electron chi connectivity index (χ1n) is 13.0. The van der Waals surface area contributed by atoms with E-state index in [1.165, 1.54) is 29.0 Å². The van der Waals surface area contributed by atoms with Gasteiger partial charge >= 0.3 is 0 Å². The van der Waals surface area contributed by atoms with Crippen molar-refractivity contribution in [3.63, 3.8) is 0 Å². The van der Waals surface area contributed by atoms with Gasteiger partial charge in [-0.15, -0.1) is 0 Å². The molecule has 5 rings (SSSR count). The Labute approximate surface area is 229 Å². The molecule has 1 aliphatic heterocycles. The zero-order valence-corrected chi connectivity index (χ0v) is 21.9. The first-order valence-corrected chi connectivity index (χ1v) is 13.3. The maximum absolute atomic E-state index is 15.0. The molecule has 1 saturated heterocycles. The molecule has 3 amide bonds. The van der Waals surface area contributed by atoms with Gasteiger partial charge in [0.25, 0.3) is 5.56 Å². The van der Waals surface area contributed by atoms with Crippen molar-refractivity contribution < 1.29 is 18.8 Å². The lowest BCUT2D eigenvalue weighted by atomic mass is 10.2. The van der Waals surface area contributed by atoms with E-state index < -0.39 is 35.4 Å². The number of carbonyl (C=O) groups excluding carboxylic acids is 3. The van der Waals surface area contributed by atoms with Crippen LogP contribution in [-0.4, -0.2) is 40.3 Å². The molecule has 0 radical (unpaired) electrons. The van der Waals surface area contributed by atoms with Crippen molar-refractivity contribution in [2.24, 2.45) is 17.8 Å². The summed E-state index contributed by atoms with van der Waals surface area (Å²) in [5.41, 5.74) is 0.375. The van der Waals surface area contributed by atoms with E-state index in [0.29, 0.717) is 29.5 Å². The molecular weight excluding hydrogens is 523 g/mol. The number of amides is 3. The average molecular weight is 551 g/mol. The minimum absolute atomic E-state index is 0.0996. The number of likely N-dealkylation sites (tertiary alicyclic amines) is 1. The van der Waals surface area contributed by atoms with Gasteiger partial charge in [0, 0.05) is 42.1 Å². The summed E-state index contributed by atoms with van der Waals surface area (Å²) >= 11 is 5.93. The fourth-order valence-electron chi connectivity index (χ4n) is 5.14. The van der Waals surface area contributed by atoms with Gasteiger partial charge in [0.15, 0.2) is 0 Å². The van der Waals surface area contributed by atoms with Crippen LogP contribution in [0.1, 0.15) is 25.7 Å². The molecule has 1 aromatic heterocycles. The largest absolute Gasteiger partial charge is 0.342 e. The first-order chi connectivity index (χ1) is 18.8.